The molecule has 0 unspecified atom stereocenters. The van der Waals surface area contributed by atoms with E-state index in [2.05, 4.69) is 0 Å². The molecule has 15 heteroatoms. The Labute approximate surface area is 241 Å². The van der Waals surface area contributed by atoms with Crippen molar-refractivity contribution in [3.05, 3.63) is 65.2 Å². The number of nitrogens with zero attached hydrogens (tertiary/aromatic N) is 2. The van der Waals surface area contributed by atoms with Crippen molar-refractivity contribution in [1.29, 1.82) is 5.26 Å². The van der Waals surface area contributed by atoms with Gasteiger partial charge in [-0.15, -0.1) is 0 Å². The number of alkyl halides is 7. The molecule has 1 atom stereocenters. The molecule has 1 amide bonds. The molecule has 232 valence electrons. The fourth-order valence-electron chi connectivity index (χ4n) is 5.85. The normalized spacial score (nSPS) is 23.5. The van der Waals surface area contributed by atoms with Gasteiger partial charge in [-0.05, 0) is 61.9 Å². The van der Waals surface area contributed by atoms with E-state index in [-0.39, 0.29) is 66.8 Å². The van der Waals surface area contributed by atoms with Crippen molar-refractivity contribution >= 4 is 21.7 Å². The highest BCUT2D eigenvalue weighted by molar-refractivity contribution is 7.92. The van der Waals surface area contributed by atoms with Crippen molar-refractivity contribution < 1.29 is 53.8 Å². The molecule has 43 heavy (non-hydrogen) atoms. The van der Waals surface area contributed by atoms with Crippen LogP contribution in [-0.2, 0) is 29.8 Å². The Hall–Kier alpha value is -3.67. The van der Waals surface area contributed by atoms with Crippen LogP contribution in [0.15, 0.2) is 53.4 Å². The van der Waals surface area contributed by atoms with Crippen LogP contribution >= 0.6 is 0 Å². The molecule has 2 fully saturated rings. The quantitative estimate of drug-likeness (QED) is 0.412. The second-order valence-electron chi connectivity index (χ2n) is 10.8. The van der Waals surface area contributed by atoms with E-state index in [0.29, 0.717) is 12.1 Å². The van der Waals surface area contributed by atoms with E-state index in [0.717, 1.165) is 12.1 Å². The van der Waals surface area contributed by atoms with Crippen LogP contribution in [0.4, 0.5) is 30.7 Å². The molecule has 7 nitrogen and oxygen atoms in total. The zero-order valence-electron chi connectivity index (χ0n) is 22.3. The number of halogens is 7. The van der Waals surface area contributed by atoms with Gasteiger partial charge in [-0.1, -0.05) is 24.3 Å². The third-order valence-corrected chi connectivity index (χ3v) is 10.9. The lowest BCUT2D eigenvalue weighted by Gasteiger charge is -2.33. The van der Waals surface area contributed by atoms with E-state index in [1.54, 1.807) is 0 Å². The molecule has 0 bridgehead atoms. The van der Waals surface area contributed by atoms with Gasteiger partial charge in [-0.2, -0.15) is 31.6 Å². The summed E-state index contributed by atoms with van der Waals surface area (Å²) in [5.74, 6) is -2.66. The first-order valence-corrected chi connectivity index (χ1v) is 14.6. The van der Waals surface area contributed by atoms with E-state index < -0.39 is 68.4 Å². The first kappa shape index (κ1) is 32.2. The molecular formula is C28H25F7N2O5S. The number of likely N-dealkylation sites (tertiary alicyclic amines) is 1. The van der Waals surface area contributed by atoms with Gasteiger partial charge in [0.1, 0.15) is 4.75 Å². The molecule has 2 aromatic carbocycles. The Morgan fingerprint density at radius 3 is 1.84 bits per heavy atom. The van der Waals surface area contributed by atoms with Crippen LogP contribution < -0.4 is 0 Å². The average Bonchev–Trinajstić information content (AvgIpc) is 3.43. The van der Waals surface area contributed by atoms with Gasteiger partial charge in [0.05, 0.1) is 22.4 Å². The first-order chi connectivity index (χ1) is 19.9. The largest absolute Gasteiger partial charge is 0.481 e. The first-order valence-electron chi connectivity index (χ1n) is 13.1. The maximum Gasteiger partial charge on any atom is 0.435 e. The van der Waals surface area contributed by atoms with Gasteiger partial charge in [0, 0.05) is 24.6 Å². The van der Waals surface area contributed by atoms with Gasteiger partial charge in [-0.25, -0.2) is 12.8 Å². The van der Waals surface area contributed by atoms with Crippen LogP contribution in [0.25, 0.3) is 0 Å². The van der Waals surface area contributed by atoms with Gasteiger partial charge in [0.25, 0.3) is 0 Å². The molecule has 1 aliphatic heterocycles. The van der Waals surface area contributed by atoms with E-state index >= 15 is 0 Å². The molecule has 1 heterocycles. The minimum absolute atomic E-state index is 0.121. The van der Waals surface area contributed by atoms with Crippen molar-refractivity contribution in [1.82, 2.24) is 4.90 Å². The van der Waals surface area contributed by atoms with Crippen LogP contribution in [-0.4, -0.2) is 55.7 Å². The third kappa shape index (κ3) is 5.45. The predicted octanol–water partition coefficient (Wildman–Crippen LogP) is 5.64. The number of amides is 1. The standard InChI is InChI=1S/C28H25F7N2O5S/c29-26(27(30,31)32,28(33,34)35)21-9-7-20(8-10-21)25(43(41,42)22-11-1-17(15-36)2-12-22)13-14-37(16-25)23(38)18-3-5-19(6-4-18)24(39)40/h1-2,7-12,18-19H,3-6,13-14,16H2,(H,39,40)/t18?,19?,25-/m0/s1. The maximum absolute atomic E-state index is 14.7. The number of carboxylic acid groups (broad SMARTS) is 1. The number of aliphatic carboxylic acids is 1. The second kappa shape index (κ2) is 11.1. The molecule has 1 N–H and O–H groups in total. The number of carbonyl (C=O) groups is 2. The van der Waals surface area contributed by atoms with Gasteiger partial charge < -0.3 is 10.0 Å². The Morgan fingerprint density at radius 1 is 0.860 bits per heavy atom. The van der Waals surface area contributed by atoms with Gasteiger partial charge in [-0.3, -0.25) is 9.59 Å². The predicted molar refractivity (Wildman–Crippen MR) is 136 cm³/mol. The zero-order chi connectivity index (χ0) is 32.0. The number of sulfone groups is 1. The molecule has 2 aliphatic rings. The summed E-state index contributed by atoms with van der Waals surface area (Å²) in [6, 6.07) is 8.37. The van der Waals surface area contributed by atoms with Crippen LogP contribution in [0.5, 0.6) is 0 Å². The molecule has 1 saturated heterocycles. The van der Waals surface area contributed by atoms with E-state index in [9.17, 15) is 53.8 Å². The monoisotopic (exact) mass is 634 g/mol. The highest BCUT2D eigenvalue weighted by atomic mass is 32.2. The fourth-order valence-corrected chi connectivity index (χ4v) is 7.93. The fraction of sp³-hybridized carbons (Fsp3) is 0.464. The van der Waals surface area contributed by atoms with Crippen molar-refractivity contribution in [2.75, 3.05) is 13.1 Å². The van der Waals surface area contributed by atoms with Gasteiger partial charge >= 0.3 is 24.0 Å². The molecule has 0 spiro atoms. The summed E-state index contributed by atoms with van der Waals surface area (Å²) in [7, 11) is -4.52. The number of hydrogen-bond acceptors (Lipinski definition) is 5. The summed E-state index contributed by atoms with van der Waals surface area (Å²) < 4.78 is 121. The Morgan fingerprint density at radius 2 is 1.37 bits per heavy atom. The Balaban J connectivity index is 1.76. The zero-order valence-corrected chi connectivity index (χ0v) is 23.1. The van der Waals surface area contributed by atoms with Crippen LogP contribution in [0, 0.1) is 23.2 Å². The Bertz CT molecular complexity index is 1510. The lowest BCUT2D eigenvalue weighted by Crippen LogP contribution is -2.50. The number of hydrogen-bond donors (Lipinski definition) is 1. The molecule has 4 rings (SSSR count). The summed E-state index contributed by atoms with van der Waals surface area (Å²) in [6.45, 7) is -0.640. The van der Waals surface area contributed by atoms with Crippen molar-refractivity contribution in [2.24, 2.45) is 11.8 Å². The summed E-state index contributed by atoms with van der Waals surface area (Å²) in [4.78, 5) is 25.6. The molecule has 2 aromatic rings. The lowest BCUT2D eigenvalue weighted by atomic mass is 9.81. The topological polar surface area (TPSA) is 116 Å². The second-order valence-corrected chi connectivity index (χ2v) is 13.0. The Kier molecular flexibility index (Phi) is 8.33. The van der Waals surface area contributed by atoms with Crippen molar-refractivity contribution in [3.8, 4) is 6.07 Å². The van der Waals surface area contributed by atoms with Gasteiger partial charge in [0.2, 0.25) is 5.91 Å². The summed E-state index contributed by atoms with van der Waals surface area (Å²) in [5, 5.41) is 18.3. The van der Waals surface area contributed by atoms with E-state index in [1.807, 2.05) is 6.07 Å². The molecule has 1 aliphatic carbocycles. The highest BCUT2D eigenvalue weighted by Crippen LogP contribution is 2.54. The third-order valence-electron chi connectivity index (χ3n) is 8.37. The van der Waals surface area contributed by atoms with E-state index in [4.69, 9.17) is 5.26 Å². The minimum Gasteiger partial charge on any atom is -0.481 e. The van der Waals surface area contributed by atoms with Crippen LogP contribution in [0.1, 0.15) is 48.8 Å². The summed E-state index contributed by atoms with van der Waals surface area (Å²) in [6.07, 6.45) is -12.1. The highest BCUT2D eigenvalue weighted by Gasteiger charge is 2.73. The van der Waals surface area contributed by atoms with Crippen molar-refractivity contribution in [3.63, 3.8) is 0 Å². The number of benzene rings is 2. The average molecular weight is 635 g/mol. The molecule has 1 saturated carbocycles. The summed E-state index contributed by atoms with van der Waals surface area (Å²) >= 11 is 0. The minimum atomic E-state index is -6.37. The number of nitriles is 1. The number of carbonyl (C=O) groups excluding carboxylic acids is 1. The van der Waals surface area contributed by atoms with Crippen LogP contribution in [0.3, 0.4) is 0 Å². The van der Waals surface area contributed by atoms with Crippen molar-refractivity contribution in [2.45, 2.75) is 59.8 Å². The van der Waals surface area contributed by atoms with Gasteiger partial charge in [0.15, 0.2) is 9.84 Å². The number of rotatable bonds is 6. The smallest absolute Gasteiger partial charge is 0.435 e. The van der Waals surface area contributed by atoms with Crippen LogP contribution in [0.2, 0.25) is 0 Å². The lowest BCUT2D eigenvalue weighted by molar-refractivity contribution is -0.348. The number of carboxylic acids is 1. The summed E-state index contributed by atoms with van der Waals surface area (Å²) in [5.41, 5.74) is -7.64. The SMILES string of the molecule is N#Cc1ccc(S(=O)(=O)[C@@]2(c3ccc(C(F)(C(F)(F)F)C(F)(F)F)cc3)CCN(C(=O)C3CCC(C(=O)O)CC3)C2)cc1. The van der Waals surface area contributed by atoms with E-state index in [1.165, 1.54) is 17.0 Å². The molecular weight excluding hydrogens is 609 g/mol. The molecule has 0 aromatic heterocycles. The maximum atomic E-state index is 14.7. The molecule has 0 radical (unpaired) electrons.